The molecule has 0 radical (unpaired) electrons. The molecule has 0 bridgehead atoms. The maximum atomic E-state index is 13.5. The molecular weight excluding hydrogens is 439 g/mol. The first kappa shape index (κ1) is 22.5. The van der Waals surface area contributed by atoms with Crippen LogP contribution in [-0.2, 0) is 6.54 Å². The lowest BCUT2D eigenvalue weighted by Crippen LogP contribution is -2.02. The third-order valence-corrected chi connectivity index (χ3v) is 5.31. The molecule has 168 valence electrons. The molecule has 5 aromatic rings. The molecule has 0 amide bonds. The SMILES string of the molecule is CC(C)n1ccc(-c2nc(CNc3cccc(F)c3)[nH]c2-c2ccc3ncccc3c2)n1.Cl. The van der Waals surface area contributed by atoms with Crippen LogP contribution in [0.25, 0.3) is 33.5 Å². The van der Waals surface area contributed by atoms with Crippen molar-refractivity contribution in [2.45, 2.75) is 26.4 Å². The van der Waals surface area contributed by atoms with Crippen LogP contribution in [0.1, 0.15) is 25.7 Å². The first-order chi connectivity index (χ1) is 15.6. The summed E-state index contributed by atoms with van der Waals surface area (Å²) in [6, 6.07) is 18.7. The number of benzene rings is 2. The van der Waals surface area contributed by atoms with Gasteiger partial charge in [-0.05, 0) is 56.3 Å². The third kappa shape index (κ3) is 4.73. The summed E-state index contributed by atoms with van der Waals surface area (Å²) in [6.07, 6.45) is 3.76. The smallest absolute Gasteiger partial charge is 0.126 e. The number of pyridine rings is 1. The van der Waals surface area contributed by atoms with Gasteiger partial charge in [-0.1, -0.05) is 18.2 Å². The fourth-order valence-electron chi connectivity index (χ4n) is 3.67. The lowest BCUT2D eigenvalue weighted by molar-refractivity contribution is 0.534. The molecule has 0 fully saturated rings. The van der Waals surface area contributed by atoms with Crippen LogP contribution in [0, 0.1) is 5.82 Å². The van der Waals surface area contributed by atoms with Crippen molar-refractivity contribution < 1.29 is 4.39 Å². The molecule has 0 unspecified atom stereocenters. The summed E-state index contributed by atoms with van der Waals surface area (Å²) in [5.74, 6) is 0.462. The van der Waals surface area contributed by atoms with Gasteiger partial charge in [-0.3, -0.25) is 9.67 Å². The van der Waals surface area contributed by atoms with E-state index in [1.54, 1.807) is 12.3 Å². The summed E-state index contributed by atoms with van der Waals surface area (Å²) in [4.78, 5) is 12.7. The molecule has 8 heteroatoms. The van der Waals surface area contributed by atoms with Crippen LogP contribution in [0.4, 0.5) is 10.1 Å². The summed E-state index contributed by atoms with van der Waals surface area (Å²) in [5.41, 5.74) is 5.11. The quantitative estimate of drug-likeness (QED) is 0.313. The molecule has 2 N–H and O–H groups in total. The van der Waals surface area contributed by atoms with Gasteiger partial charge < -0.3 is 10.3 Å². The Bertz CT molecular complexity index is 1390. The minimum absolute atomic E-state index is 0. The summed E-state index contributed by atoms with van der Waals surface area (Å²) in [5, 5.41) is 9.01. The zero-order valence-corrected chi connectivity index (χ0v) is 19.1. The third-order valence-electron chi connectivity index (χ3n) is 5.31. The summed E-state index contributed by atoms with van der Waals surface area (Å²) in [6.45, 7) is 4.61. The van der Waals surface area contributed by atoms with Gasteiger partial charge in [0, 0.05) is 35.1 Å². The van der Waals surface area contributed by atoms with E-state index in [1.807, 2.05) is 47.3 Å². The number of aromatic amines is 1. The summed E-state index contributed by atoms with van der Waals surface area (Å²) < 4.78 is 15.4. The Morgan fingerprint density at radius 1 is 1.06 bits per heavy atom. The Balaban J connectivity index is 0.00000259. The van der Waals surface area contributed by atoms with Gasteiger partial charge in [-0.15, -0.1) is 12.4 Å². The number of anilines is 1. The highest BCUT2D eigenvalue weighted by atomic mass is 35.5. The zero-order chi connectivity index (χ0) is 22.1. The maximum Gasteiger partial charge on any atom is 0.126 e. The molecule has 0 aliphatic heterocycles. The van der Waals surface area contributed by atoms with Crippen molar-refractivity contribution in [1.29, 1.82) is 0 Å². The molecule has 33 heavy (non-hydrogen) atoms. The van der Waals surface area contributed by atoms with Gasteiger partial charge in [0.15, 0.2) is 0 Å². The van der Waals surface area contributed by atoms with Gasteiger partial charge in [0.1, 0.15) is 23.0 Å². The van der Waals surface area contributed by atoms with Crippen molar-refractivity contribution in [2.75, 3.05) is 5.32 Å². The number of H-pyrrole nitrogens is 1. The maximum absolute atomic E-state index is 13.5. The molecule has 5 rings (SSSR count). The van der Waals surface area contributed by atoms with Crippen molar-refractivity contribution in [2.24, 2.45) is 0 Å². The molecule has 0 aliphatic rings. The van der Waals surface area contributed by atoms with Crippen LogP contribution >= 0.6 is 12.4 Å². The minimum Gasteiger partial charge on any atom is -0.378 e. The van der Waals surface area contributed by atoms with Crippen molar-refractivity contribution >= 4 is 29.0 Å². The number of imidazole rings is 1. The first-order valence-corrected chi connectivity index (χ1v) is 10.6. The molecule has 0 aliphatic carbocycles. The normalized spacial score (nSPS) is 11.0. The van der Waals surface area contributed by atoms with E-state index in [4.69, 9.17) is 10.1 Å². The van der Waals surface area contributed by atoms with Gasteiger partial charge in [0.2, 0.25) is 0 Å². The zero-order valence-electron chi connectivity index (χ0n) is 18.3. The molecule has 0 spiro atoms. The largest absolute Gasteiger partial charge is 0.378 e. The molecule has 0 atom stereocenters. The number of rotatable bonds is 6. The molecule has 0 saturated carbocycles. The summed E-state index contributed by atoms with van der Waals surface area (Å²) >= 11 is 0. The minimum atomic E-state index is -0.278. The molecule has 2 aromatic carbocycles. The molecular formula is C25H24ClFN6. The molecule has 3 aromatic heterocycles. The highest BCUT2D eigenvalue weighted by molar-refractivity contribution is 5.87. The van der Waals surface area contributed by atoms with Crippen molar-refractivity contribution in [1.82, 2.24) is 24.7 Å². The Morgan fingerprint density at radius 2 is 1.94 bits per heavy atom. The average Bonchev–Trinajstić information content (AvgIpc) is 3.45. The van der Waals surface area contributed by atoms with Gasteiger partial charge in [0.25, 0.3) is 0 Å². The van der Waals surface area contributed by atoms with Crippen LogP contribution < -0.4 is 5.32 Å². The lowest BCUT2D eigenvalue weighted by Gasteiger charge is -2.05. The Kier molecular flexibility index (Phi) is 6.42. The van der Waals surface area contributed by atoms with Crippen LogP contribution in [0.15, 0.2) is 73.1 Å². The second kappa shape index (κ2) is 9.42. The van der Waals surface area contributed by atoms with Gasteiger partial charge in [-0.25, -0.2) is 9.37 Å². The Morgan fingerprint density at radius 3 is 2.73 bits per heavy atom. The Labute approximate surface area is 197 Å². The monoisotopic (exact) mass is 462 g/mol. The fourth-order valence-corrected chi connectivity index (χ4v) is 3.67. The fraction of sp³-hybridized carbons (Fsp3) is 0.160. The lowest BCUT2D eigenvalue weighted by atomic mass is 10.1. The summed E-state index contributed by atoms with van der Waals surface area (Å²) in [7, 11) is 0. The number of aromatic nitrogens is 5. The molecule has 0 saturated heterocycles. The van der Waals surface area contributed by atoms with Gasteiger partial charge in [0.05, 0.1) is 17.8 Å². The van der Waals surface area contributed by atoms with Crippen molar-refractivity contribution in [3.8, 4) is 22.6 Å². The van der Waals surface area contributed by atoms with Crippen molar-refractivity contribution in [3.63, 3.8) is 0 Å². The number of fused-ring (bicyclic) bond motifs is 1. The van der Waals surface area contributed by atoms with E-state index in [-0.39, 0.29) is 24.3 Å². The van der Waals surface area contributed by atoms with E-state index in [1.165, 1.54) is 12.1 Å². The predicted molar refractivity (Wildman–Crippen MR) is 132 cm³/mol. The topological polar surface area (TPSA) is 71.4 Å². The van der Waals surface area contributed by atoms with Crippen LogP contribution in [0.3, 0.4) is 0 Å². The highest BCUT2D eigenvalue weighted by Gasteiger charge is 2.17. The first-order valence-electron chi connectivity index (χ1n) is 10.6. The van der Waals surface area contributed by atoms with Gasteiger partial charge >= 0.3 is 0 Å². The Hall–Kier alpha value is -3.71. The van der Waals surface area contributed by atoms with E-state index >= 15 is 0 Å². The van der Waals surface area contributed by atoms with E-state index in [9.17, 15) is 4.39 Å². The predicted octanol–water partition coefficient (Wildman–Crippen LogP) is 6.24. The number of hydrogen-bond acceptors (Lipinski definition) is 4. The number of hydrogen-bond donors (Lipinski definition) is 2. The van der Waals surface area contributed by atoms with Crippen LogP contribution in [0.2, 0.25) is 0 Å². The van der Waals surface area contributed by atoms with E-state index in [0.29, 0.717) is 12.2 Å². The molecule has 6 nitrogen and oxygen atoms in total. The van der Waals surface area contributed by atoms with Crippen LogP contribution in [-0.4, -0.2) is 24.7 Å². The van der Waals surface area contributed by atoms with E-state index < -0.39 is 0 Å². The molecule has 3 heterocycles. The second-order valence-corrected chi connectivity index (χ2v) is 7.96. The number of nitrogens with one attached hydrogen (secondary N) is 2. The van der Waals surface area contributed by atoms with Crippen LogP contribution in [0.5, 0.6) is 0 Å². The second-order valence-electron chi connectivity index (χ2n) is 7.96. The van der Waals surface area contributed by atoms with Crippen molar-refractivity contribution in [3.05, 3.63) is 84.7 Å². The number of halogens is 2. The van der Waals surface area contributed by atoms with Gasteiger partial charge in [-0.2, -0.15) is 5.10 Å². The van der Waals surface area contributed by atoms with E-state index in [2.05, 4.69) is 35.2 Å². The average molecular weight is 463 g/mol. The van der Waals surface area contributed by atoms with E-state index in [0.717, 1.165) is 39.4 Å². The highest BCUT2D eigenvalue weighted by Crippen LogP contribution is 2.31. The standard InChI is InChI=1S/C25H23FN6.ClH/c1-16(2)32-12-10-22(31-32)25-24(18-8-9-21-17(13-18)5-4-11-27-21)29-23(30-25)15-28-20-7-3-6-19(26)14-20;/h3-14,16,28H,15H2,1-2H3,(H,29,30);1H. The number of nitrogens with zero attached hydrogens (tertiary/aromatic N) is 4.